The summed E-state index contributed by atoms with van der Waals surface area (Å²) in [4.78, 5) is 61.9. The first-order chi connectivity index (χ1) is 18.5. The second kappa shape index (κ2) is 13.4. The summed E-state index contributed by atoms with van der Waals surface area (Å²) in [5.41, 5.74) is 10.6. The van der Waals surface area contributed by atoms with Crippen molar-refractivity contribution in [1.29, 1.82) is 0 Å². The third kappa shape index (κ3) is 9.13. The highest BCUT2D eigenvalue weighted by atomic mass is 33.1. The maximum absolute atomic E-state index is 12.6. The number of aromatic amines is 1. The molecule has 1 saturated heterocycles. The fourth-order valence-corrected chi connectivity index (χ4v) is 7.96. The quantitative estimate of drug-likeness (QED) is 0.0926. The van der Waals surface area contributed by atoms with Gasteiger partial charge >= 0.3 is 0 Å². The highest BCUT2D eigenvalue weighted by Gasteiger charge is 2.40. The number of nitrogens with zero attached hydrogens (tertiary/aromatic N) is 2. The Morgan fingerprint density at radius 3 is 2.65 bits per heavy atom. The van der Waals surface area contributed by atoms with Crippen LogP contribution < -0.4 is 31.7 Å². The third-order valence-corrected chi connectivity index (χ3v) is 10.6. The van der Waals surface area contributed by atoms with E-state index in [2.05, 4.69) is 35.0 Å². The molecule has 0 bridgehead atoms. The number of H-pyrrole nitrogens is 1. The molecule has 0 aromatic carbocycles. The summed E-state index contributed by atoms with van der Waals surface area (Å²) in [6.45, 7) is 0.890. The lowest BCUT2D eigenvalue weighted by atomic mass is 10.2. The number of phosphoric acid groups is 3. The maximum Gasteiger partial charge on any atom is 0.280 e. The van der Waals surface area contributed by atoms with Crippen LogP contribution in [0.5, 0.6) is 0 Å². The summed E-state index contributed by atoms with van der Waals surface area (Å²) in [5.74, 6) is 5.22. The van der Waals surface area contributed by atoms with Gasteiger partial charge in [-0.1, -0.05) is 33.4 Å². The molecular weight excluding hydrogens is 639 g/mol. The normalized spacial score (nSPS) is 24.5. The van der Waals surface area contributed by atoms with Gasteiger partial charge in [0.15, 0.2) is 5.65 Å². The molecule has 0 radical (unpaired) electrons. The molecule has 1 fully saturated rings. The molecule has 23 heteroatoms. The highest BCUT2D eigenvalue weighted by Crippen LogP contribution is 2.61. The number of anilines is 1. The average Bonchev–Trinajstić information content (AvgIpc) is 3.35. The van der Waals surface area contributed by atoms with Gasteiger partial charge in [0, 0.05) is 12.6 Å². The molecule has 0 aliphatic carbocycles. The largest absolute Gasteiger partial charge is 0.756 e. The summed E-state index contributed by atoms with van der Waals surface area (Å²) >= 11 is 0. The van der Waals surface area contributed by atoms with Crippen molar-refractivity contribution in [1.82, 2.24) is 14.5 Å². The van der Waals surface area contributed by atoms with Crippen LogP contribution in [0.4, 0.5) is 5.95 Å². The zero-order chi connectivity index (χ0) is 29.9. The molecule has 2 aromatic heterocycles. The Morgan fingerprint density at radius 1 is 1.32 bits per heavy atom. The molecule has 3 heterocycles. The van der Waals surface area contributed by atoms with Crippen molar-refractivity contribution >= 4 is 62.0 Å². The van der Waals surface area contributed by atoms with Gasteiger partial charge in [-0.2, -0.15) is 4.98 Å². The number of ether oxygens (including phenoxy) is 2. The number of phosphoric ester groups is 1. The minimum atomic E-state index is -6.08. The van der Waals surface area contributed by atoms with E-state index >= 15 is 0 Å². The van der Waals surface area contributed by atoms with E-state index in [0.29, 0.717) is 0 Å². The predicted molar refractivity (Wildman–Crippen MR) is 138 cm³/mol. The van der Waals surface area contributed by atoms with Gasteiger partial charge in [0.05, 0.1) is 30.2 Å². The van der Waals surface area contributed by atoms with Crippen molar-refractivity contribution in [3.63, 3.8) is 0 Å². The number of aromatic nitrogens is 3. The molecule has 18 nitrogen and oxygen atoms in total. The maximum atomic E-state index is 12.6. The summed E-state index contributed by atoms with van der Waals surface area (Å²) in [7, 11) is -15.0. The van der Waals surface area contributed by atoms with Crippen LogP contribution in [-0.4, -0.2) is 56.5 Å². The molecule has 6 N–H and O–H groups in total. The first-order valence-electron chi connectivity index (χ1n) is 10.9. The van der Waals surface area contributed by atoms with Crippen LogP contribution in [0.15, 0.2) is 11.0 Å². The van der Waals surface area contributed by atoms with Crippen molar-refractivity contribution in [2.75, 3.05) is 25.1 Å². The van der Waals surface area contributed by atoms with Gasteiger partial charge in [0.2, 0.25) is 5.95 Å². The monoisotopic (exact) mass is 662 g/mol. The van der Waals surface area contributed by atoms with Crippen LogP contribution >= 0.6 is 45.1 Å². The Kier molecular flexibility index (Phi) is 11.1. The Bertz CT molecular complexity index is 1490. The second-order valence-electron chi connectivity index (χ2n) is 7.80. The van der Waals surface area contributed by atoms with Gasteiger partial charge < -0.3 is 49.6 Å². The van der Waals surface area contributed by atoms with E-state index in [1.54, 1.807) is 6.92 Å². The highest BCUT2D eigenvalue weighted by molar-refractivity contribution is 8.76. The molecule has 2 aromatic rings. The zero-order valence-electron chi connectivity index (χ0n) is 20.6. The Balaban J connectivity index is 1.89. The fourth-order valence-electron chi connectivity index (χ4n) is 3.65. The van der Waals surface area contributed by atoms with Gasteiger partial charge in [-0.05, 0) is 13.2 Å². The topological polar surface area (TPSA) is 289 Å². The average molecular weight is 662 g/mol. The van der Waals surface area contributed by atoms with Crippen LogP contribution in [0.2, 0.25) is 0 Å². The number of nitrogens with one attached hydrogen (secondary N) is 1. The van der Waals surface area contributed by atoms with E-state index in [0.717, 1.165) is 0 Å². The number of hydrogen-bond acceptors (Lipinski definition) is 17. The van der Waals surface area contributed by atoms with Crippen LogP contribution in [0.3, 0.4) is 0 Å². The lowest BCUT2D eigenvalue weighted by Gasteiger charge is -2.33. The van der Waals surface area contributed by atoms with Gasteiger partial charge in [-0.25, -0.2) is 8.62 Å². The van der Waals surface area contributed by atoms with Gasteiger partial charge in [-0.3, -0.25) is 23.5 Å². The Morgan fingerprint density at radius 2 is 2.02 bits per heavy atom. The molecular formula is C17H23N5O13P3S2-3. The SMILES string of the molecule is CSS[C@@H](C)OC1C[C@H](n2cc(C#CCN)c3c(=O)[nH]c(N)nc32)O[C@@H]1COP(=O)([O-])OP(=O)([O-])OP(=O)([O-])O. The molecule has 1 aliphatic rings. The molecule has 4 unspecified atom stereocenters. The number of nitrogen functional groups attached to an aromatic ring is 1. The lowest BCUT2D eigenvalue weighted by molar-refractivity contribution is -0.250. The van der Waals surface area contributed by atoms with Crippen LogP contribution in [0.1, 0.15) is 25.1 Å². The number of nitrogens with two attached hydrogens (primary N) is 2. The molecule has 0 spiro atoms. The molecule has 40 heavy (non-hydrogen) atoms. The first-order valence-corrected chi connectivity index (χ1v) is 17.9. The molecule has 224 valence electrons. The summed E-state index contributed by atoms with van der Waals surface area (Å²) in [6.07, 6.45) is 0.437. The summed E-state index contributed by atoms with van der Waals surface area (Å²) in [5, 5.41) is 0.102. The molecule has 1 aliphatic heterocycles. The molecule has 3 rings (SSSR count). The Hall–Kier alpha value is -1.23. The fraction of sp³-hybridized carbons (Fsp3) is 0.529. The first kappa shape index (κ1) is 33.3. The van der Waals surface area contributed by atoms with Crippen molar-refractivity contribution in [3.05, 3.63) is 22.1 Å². The smallest absolute Gasteiger partial charge is 0.280 e. The van der Waals surface area contributed by atoms with E-state index in [-0.39, 0.29) is 35.5 Å². The van der Waals surface area contributed by atoms with Gasteiger partial charge in [0.1, 0.15) is 17.8 Å². The minimum Gasteiger partial charge on any atom is -0.756 e. The molecule has 0 amide bonds. The van der Waals surface area contributed by atoms with Crippen LogP contribution in [0, 0.1) is 11.8 Å². The van der Waals surface area contributed by atoms with Crippen molar-refractivity contribution in [2.24, 2.45) is 5.73 Å². The van der Waals surface area contributed by atoms with E-state index in [1.165, 1.54) is 32.4 Å². The van der Waals surface area contributed by atoms with Crippen LogP contribution in [-0.2, 0) is 36.3 Å². The van der Waals surface area contributed by atoms with E-state index in [9.17, 15) is 33.2 Å². The summed E-state index contributed by atoms with van der Waals surface area (Å²) < 4.78 is 59.1. The Labute approximate surface area is 234 Å². The van der Waals surface area contributed by atoms with Crippen molar-refractivity contribution in [3.8, 4) is 11.8 Å². The van der Waals surface area contributed by atoms with Crippen LogP contribution in [0.25, 0.3) is 11.0 Å². The minimum absolute atomic E-state index is 0.0105. The number of hydrogen-bond donors (Lipinski definition) is 4. The van der Waals surface area contributed by atoms with Crippen molar-refractivity contribution in [2.45, 2.75) is 37.2 Å². The summed E-state index contributed by atoms with van der Waals surface area (Å²) in [6, 6.07) is 0. The van der Waals surface area contributed by atoms with Gasteiger partial charge in [-0.15, -0.1) is 0 Å². The molecule has 0 saturated carbocycles. The third-order valence-electron chi connectivity index (χ3n) is 4.91. The lowest BCUT2D eigenvalue weighted by Crippen LogP contribution is -2.31. The van der Waals surface area contributed by atoms with E-state index < -0.39 is 59.5 Å². The van der Waals surface area contributed by atoms with E-state index in [4.69, 9.17) is 25.8 Å². The van der Waals surface area contributed by atoms with Gasteiger partial charge in [0.25, 0.3) is 29.0 Å². The van der Waals surface area contributed by atoms with Crippen molar-refractivity contribution < 1.29 is 55.9 Å². The second-order valence-corrected chi connectivity index (χ2v) is 14.9. The predicted octanol–water partition coefficient (Wildman–Crippen LogP) is -0.906. The number of rotatable bonds is 12. The van der Waals surface area contributed by atoms with E-state index in [1.807, 2.05) is 6.26 Å². The zero-order valence-corrected chi connectivity index (χ0v) is 24.9. The number of fused-ring (bicyclic) bond motifs is 1. The standard InChI is InChI=1S/C17H26N5O13P3S2/c1-9(40-39-2)32-11-6-13(22-7-10(4-3-5-18)14-15(22)20-17(19)21-16(14)23)33-12(11)8-31-37(27,28)35-38(29,30)34-36(24,25)26/h7,9,11-13H,5-6,8,18H2,1-2H3,(H,27,28)(H,29,30)(H2,24,25,26)(H3,19,20,21,23)/p-3/t9-,11?,12+,13+/m0/s1. The molecule has 7 atom stereocenters.